The lowest BCUT2D eigenvalue weighted by molar-refractivity contribution is 0.669. The second-order valence-electron chi connectivity index (χ2n) is 15.1. The van der Waals surface area contributed by atoms with Crippen molar-refractivity contribution >= 4 is 39.0 Å². The Balaban J connectivity index is 1.16. The molecule has 0 fully saturated rings. The summed E-state index contributed by atoms with van der Waals surface area (Å²) < 4.78 is 6.42. The molecule has 0 bridgehead atoms. The molecule has 266 valence electrons. The molecule has 9 aromatic carbocycles. The van der Waals surface area contributed by atoms with Crippen molar-refractivity contribution in [3.8, 4) is 44.5 Å². The second kappa shape index (κ2) is 12.3. The first-order chi connectivity index (χ1) is 28.3. The van der Waals surface area contributed by atoms with E-state index in [1.165, 1.54) is 55.6 Å². The fourth-order valence-corrected chi connectivity index (χ4v) is 10.1. The van der Waals surface area contributed by atoms with Gasteiger partial charge in [-0.2, -0.15) is 0 Å². The highest BCUT2D eigenvalue weighted by molar-refractivity contribution is 6.14. The summed E-state index contributed by atoms with van der Waals surface area (Å²) in [6.07, 6.45) is 0. The van der Waals surface area contributed by atoms with Gasteiger partial charge in [-0.3, -0.25) is 0 Å². The molecule has 2 heteroatoms. The normalized spacial score (nSPS) is 14.7. The average molecular weight is 726 g/mol. The Morgan fingerprint density at radius 3 is 1.63 bits per heavy atom. The van der Waals surface area contributed by atoms with Gasteiger partial charge in [-0.25, -0.2) is 0 Å². The first-order valence-corrected chi connectivity index (χ1v) is 19.7. The van der Waals surface area contributed by atoms with Gasteiger partial charge in [0.25, 0.3) is 0 Å². The SMILES string of the molecule is c1ccc(-c2cccc3c2-c2ccccc2C32c3ccccc3-c3c(N(c4ccccc4)c4ccccc4-c4cccc5oc6ccccc6c45)cccc32)cc1. The Bertz CT molecular complexity index is 3190. The fourth-order valence-electron chi connectivity index (χ4n) is 10.1. The van der Waals surface area contributed by atoms with Crippen LogP contribution in [0.5, 0.6) is 0 Å². The van der Waals surface area contributed by atoms with E-state index >= 15 is 0 Å². The molecule has 0 amide bonds. The Labute approximate surface area is 331 Å². The van der Waals surface area contributed by atoms with Gasteiger partial charge in [0.15, 0.2) is 0 Å². The van der Waals surface area contributed by atoms with Crippen LogP contribution in [0.3, 0.4) is 0 Å². The highest BCUT2D eigenvalue weighted by Crippen LogP contribution is 2.66. The molecule has 10 aromatic rings. The second-order valence-corrected chi connectivity index (χ2v) is 15.1. The van der Waals surface area contributed by atoms with Crippen LogP contribution < -0.4 is 4.90 Å². The van der Waals surface area contributed by atoms with Gasteiger partial charge in [-0.1, -0.05) is 176 Å². The lowest BCUT2D eigenvalue weighted by atomic mass is 9.70. The van der Waals surface area contributed by atoms with E-state index in [0.717, 1.165) is 50.1 Å². The maximum atomic E-state index is 6.42. The number of nitrogens with zero attached hydrogens (tertiary/aromatic N) is 1. The molecule has 1 unspecified atom stereocenters. The zero-order valence-corrected chi connectivity index (χ0v) is 31.1. The fraction of sp³-hybridized carbons (Fsp3) is 0.0182. The molecule has 0 saturated heterocycles. The van der Waals surface area contributed by atoms with Gasteiger partial charge in [0.2, 0.25) is 0 Å². The van der Waals surface area contributed by atoms with Crippen LogP contribution >= 0.6 is 0 Å². The van der Waals surface area contributed by atoms with Crippen LogP contribution in [-0.2, 0) is 5.41 Å². The van der Waals surface area contributed by atoms with E-state index in [1.807, 2.05) is 6.07 Å². The zero-order chi connectivity index (χ0) is 37.5. The van der Waals surface area contributed by atoms with Crippen molar-refractivity contribution in [2.75, 3.05) is 4.90 Å². The maximum Gasteiger partial charge on any atom is 0.136 e. The number of hydrogen-bond donors (Lipinski definition) is 0. The minimum absolute atomic E-state index is 0.498. The predicted octanol–water partition coefficient (Wildman–Crippen LogP) is 14.7. The molecular formula is C55H35NO. The van der Waals surface area contributed by atoms with E-state index in [9.17, 15) is 0 Å². The van der Waals surface area contributed by atoms with Gasteiger partial charge >= 0.3 is 0 Å². The number of benzene rings is 9. The molecule has 1 aromatic heterocycles. The number of rotatable bonds is 5. The lowest BCUT2D eigenvalue weighted by Gasteiger charge is -2.32. The third-order valence-corrected chi connectivity index (χ3v) is 12.3. The van der Waals surface area contributed by atoms with Crippen molar-refractivity contribution in [2.45, 2.75) is 5.41 Å². The highest BCUT2D eigenvalue weighted by atomic mass is 16.3. The monoisotopic (exact) mass is 725 g/mol. The molecule has 2 aliphatic carbocycles. The summed E-state index contributed by atoms with van der Waals surface area (Å²) >= 11 is 0. The van der Waals surface area contributed by atoms with Crippen molar-refractivity contribution in [3.63, 3.8) is 0 Å². The van der Waals surface area contributed by atoms with Crippen LogP contribution in [0.25, 0.3) is 66.4 Å². The molecule has 12 rings (SSSR count). The Morgan fingerprint density at radius 2 is 0.842 bits per heavy atom. The van der Waals surface area contributed by atoms with E-state index in [0.29, 0.717) is 0 Å². The van der Waals surface area contributed by atoms with Gasteiger partial charge in [-0.05, 0) is 92.0 Å². The van der Waals surface area contributed by atoms with Crippen molar-refractivity contribution in [3.05, 3.63) is 235 Å². The summed E-state index contributed by atoms with van der Waals surface area (Å²) in [6, 6.07) is 77.4. The molecule has 1 atom stereocenters. The summed E-state index contributed by atoms with van der Waals surface area (Å²) in [5, 5.41) is 2.25. The van der Waals surface area contributed by atoms with Crippen molar-refractivity contribution in [1.29, 1.82) is 0 Å². The molecule has 57 heavy (non-hydrogen) atoms. The minimum atomic E-state index is -0.498. The van der Waals surface area contributed by atoms with Crippen LogP contribution in [0.15, 0.2) is 217 Å². The minimum Gasteiger partial charge on any atom is -0.456 e. The Kier molecular flexibility index (Phi) is 6.88. The predicted molar refractivity (Wildman–Crippen MR) is 236 cm³/mol. The quantitative estimate of drug-likeness (QED) is 0.176. The first kappa shape index (κ1) is 31.9. The van der Waals surface area contributed by atoms with Gasteiger partial charge in [0.1, 0.15) is 11.2 Å². The number of hydrogen-bond acceptors (Lipinski definition) is 2. The average Bonchev–Trinajstić information content (AvgIpc) is 3.92. The number of anilines is 3. The van der Waals surface area contributed by atoms with Crippen molar-refractivity contribution in [2.24, 2.45) is 0 Å². The third kappa shape index (κ3) is 4.41. The molecule has 1 heterocycles. The lowest BCUT2D eigenvalue weighted by Crippen LogP contribution is -2.26. The largest absolute Gasteiger partial charge is 0.456 e. The number of para-hydroxylation sites is 3. The summed E-state index contributed by atoms with van der Waals surface area (Å²) in [5.41, 5.74) is 19.8. The summed E-state index contributed by atoms with van der Waals surface area (Å²) in [6.45, 7) is 0. The van der Waals surface area contributed by atoms with E-state index in [-0.39, 0.29) is 0 Å². The molecule has 0 saturated carbocycles. The molecular weight excluding hydrogens is 691 g/mol. The Morgan fingerprint density at radius 1 is 0.333 bits per heavy atom. The summed E-state index contributed by atoms with van der Waals surface area (Å²) in [5.74, 6) is 0. The zero-order valence-electron chi connectivity index (χ0n) is 31.1. The maximum absolute atomic E-state index is 6.42. The standard InChI is InChI=1S/C55H35NO/c1-3-18-36(19-4-1)38-26-15-30-46-52(38)41-23-7-11-28-44(41)55(46)45-29-12-8-24-42(45)54-47(55)31-17-33-49(54)56(37-20-5-2-6-21-37)48-32-13-9-22-39(48)40-27-16-35-51-53(40)43-25-10-14-34-50(43)57-51/h1-35H. The van der Waals surface area contributed by atoms with E-state index in [2.05, 4.69) is 211 Å². The molecule has 1 spiro atoms. The molecule has 0 N–H and O–H groups in total. The van der Waals surface area contributed by atoms with Gasteiger partial charge in [-0.15, -0.1) is 0 Å². The number of fused-ring (bicyclic) bond motifs is 13. The highest BCUT2D eigenvalue weighted by Gasteiger charge is 2.53. The van der Waals surface area contributed by atoms with Crippen LogP contribution in [0.4, 0.5) is 17.1 Å². The number of furan rings is 1. The smallest absolute Gasteiger partial charge is 0.136 e. The van der Waals surface area contributed by atoms with Crippen LogP contribution in [0.1, 0.15) is 22.3 Å². The topological polar surface area (TPSA) is 16.4 Å². The van der Waals surface area contributed by atoms with Gasteiger partial charge < -0.3 is 9.32 Å². The molecule has 2 aliphatic rings. The molecule has 2 nitrogen and oxygen atoms in total. The van der Waals surface area contributed by atoms with Crippen LogP contribution in [0.2, 0.25) is 0 Å². The van der Waals surface area contributed by atoms with E-state index in [1.54, 1.807) is 0 Å². The van der Waals surface area contributed by atoms with E-state index < -0.39 is 5.41 Å². The Hall–Kier alpha value is -7.42. The molecule has 0 radical (unpaired) electrons. The van der Waals surface area contributed by atoms with Gasteiger partial charge in [0.05, 0.1) is 16.8 Å². The summed E-state index contributed by atoms with van der Waals surface area (Å²) in [7, 11) is 0. The van der Waals surface area contributed by atoms with Crippen molar-refractivity contribution in [1.82, 2.24) is 0 Å². The van der Waals surface area contributed by atoms with Gasteiger partial charge in [0, 0.05) is 27.6 Å². The van der Waals surface area contributed by atoms with E-state index in [4.69, 9.17) is 4.42 Å². The third-order valence-electron chi connectivity index (χ3n) is 12.3. The van der Waals surface area contributed by atoms with Crippen LogP contribution in [0, 0.1) is 0 Å². The summed E-state index contributed by atoms with van der Waals surface area (Å²) in [4.78, 5) is 2.48. The first-order valence-electron chi connectivity index (χ1n) is 19.7. The van der Waals surface area contributed by atoms with Crippen LogP contribution in [-0.4, -0.2) is 0 Å². The molecule has 0 aliphatic heterocycles. The van der Waals surface area contributed by atoms with Crippen molar-refractivity contribution < 1.29 is 4.42 Å².